The second kappa shape index (κ2) is 8.75. The number of thiazole rings is 1. The van der Waals surface area contributed by atoms with Crippen LogP contribution in [0.25, 0.3) is 6.08 Å². The molecule has 0 aliphatic rings. The molecule has 0 atom stereocenters. The summed E-state index contributed by atoms with van der Waals surface area (Å²) in [5.41, 5.74) is 2.06. The smallest absolute Gasteiger partial charge is 0.248 e. The van der Waals surface area contributed by atoms with Crippen molar-refractivity contribution in [1.82, 2.24) is 4.98 Å². The van der Waals surface area contributed by atoms with Gasteiger partial charge in [-0.05, 0) is 36.4 Å². The molecule has 0 aliphatic carbocycles. The van der Waals surface area contributed by atoms with Gasteiger partial charge in [0.1, 0.15) is 0 Å². The van der Waals surface area contributed by atoms with E-state index in [4.69, 9.17) is 0 Å². The molecule has 3 rings (SSSR count). The van der Waals surface area contributed by atoms with E-state index in [0.717, 1.165) is 10.2 Å². The summed E-state index contributed by atoms with van der Waals surface area (Å²) in [5, 5.41) is 5.14. The van der Waals surface area contributed by atoms with Crippen LogP contribution in [0.2, 0.25) is 0 Å². The Hall–Kier alpha value is -2.77. The number of carbonyl (C=O) groups is 2. The first kappa shape index (κ1) is 19.0. The molecule has 2 aromatic carbocycles. The Bertz CT molecular complexity index is 986. The number of anilines is 3. The van der Waals surface area contributed by atoms with Crippen molar-refractivity contribution < 1.29 is 9.59 Å². The quantitative estimate of drug-likeness (QED) is 0.550. The number of hydrogen-bond donors (Lipinski definition) is 1. The third kappa shape index (κ3) is 5.12. The van der Waals surface area contributed by atoms with Crippen molar-refractivity contribution in [2.75, 3.05) is 10.2 Å². The summed E-state index contributed by atoms with van der Waals surface area (Å²) in [7, 11) is 0. The van der Waals surface area contributed by atoms with Gasteiger partial charge < -0.3 is 5.32 Å². The average Bonchev–Trinajstić information content (AvgIpc) is 3.09. The summed E-state index contributed by atoms with van der Waals surface area (Å²) in [4.78, 5) is 30.1. The van der Waals surface area contributed by atoms with Crippen LogP contribution in [-0.4, -0.2) is 16.8 Å². The second-order valence-corrected chi connectivity index (χ2v) is 7.33. The lowest BCUT2D eigenvalue weighted by Crippen LogP contribution is -2.22. The van der Waals surface area contributed by atoms with Crippen molar-refractivity contribution in [3.63, 3.8) is 0 Å². The number of halogens is 1. The minimum absolute atomic E-state index is 0.126. The zero-order chi connectivity index (χ0) is 19.2. The molecule has 1 N–H and O–H groups in total. The fourth-order valence-electron chi connectivity index (χ4n) is 2.37. The van der Waals surface area contributed by atoms with Gasteiger partial charge in [0.25, 0.3) is 0 Å². The first-order valence-electron chi connectivity index (χ1n) is 8.09. The number of amides is 2. The van der Waals surface area contributed by atoms with Crippen LogP contribution >= 0.6 is 27.3 Å². The van der Waals surface area contributed by atoms with Crippen LogP contribution in [0.5, 0.6) is 0 Å². The molecular weight excluding hydrogens is 426 g/mol. The minimum atomic E-state index is -0.255. The van der Waals surface area contributed by atoms with Gasteiger partial charge in [0.2, 0.25) is 11.8 Å². The minimum Gasteiger partial charge on any atom is -0.322 e. The monoisotopic (exact) mass is 441 g/mol. The number of para-hydroxylation sites is 1. The molecule has 0 radical (unpaired) electrons. The van der Waals surface area contributed by atoms with Gasteiger partial charge in [-0.1, -0.05) is 40.2 Å². The van der Waals surface area contributed by atoms with Gasteiger partial charge in [0.05, 0.1) is 11.4 Å². The van der Waals surface area contributed by atoms with E-state index >= 15 is 0 Å². The van der Waals surface area contributed by atoms with Crippen LogP contribution in [0.1, 0.15) is 12.6 Å². The summed E-state index contributed by atoms with van der Waals surface area (Å²) >= 11 is 4.71. The van der Waals surface area contributed by atoms with Crippen molar-refractivity contribution in [2.24, 2.45) is 0 Å². The molecular formula is C20H16BrN3O2S. The molecule has 0 saturated carbocycles. The van der Waals surface area contributed by atoms with Crippen LogP contribution in [-0.2, 0) is 9.59 Å². The average molecular weight is 442 g/mol. The van der Waals surface area contributed by atoms with Gasteiger partial charge in [0, 0.05) is 28.5 Å². The lowest BCUT2D eigenvalue weighted by atomic mass is 10.3. The number of rotatable bonds is 5. The molecule has 0 spiro atoms. The van der Waals surface area contributed by atoms with Crippen LogP contribution in [0.15, 0.2) is 70.5 Å². The van der Waals surface area contributed by atoms with Crippen molar-refractivity contribution in [1.29, 1.82) is 0 Å². The molecule has 3 aromatic rings. The molecule has 0 saturated heterocycles. The highest BCUT2D eigenvalue weighted by atomic mass is 79.9. The van der Waals surface area contributed by atoms with Gasteiger partial charge >= 0.3 is 0 Å². The van der Waals surface area contributed by atoms with Crippen LogP contribution < -0.4 is 10.2 Å². The summed E-state index contributed by atoms with van der Waals surface area (Å²) in [6.07, 6.45) is 3.04. The highest BCUT2D eigenvalue weighted by Crippen LogP contribution is 2.29. The van der Waals surface area contributed by atoms with E-state index in [2.05, 4.69) is 26.2 Å². The Balaban J connectivity index is 1.72. The van der Waals surface area contributed by atoms with Crippen molar-refractivity contribution in [3.8, 4) is 0 Å². The molecule has 0 unspecified atom stereocenters. The highest BCUT2D eigenvalue weighted by Gasteiger charge is 2.17. The third-order valence-electron chi connectivity index (χ3n) is 3.53. The Morgan fingerprint density at radius 1 is 1.15 bits per heavy atom. The van der Waals surface area contributed by atoms with E-state index in [-0.39, 0.29) is 11.8 Å². The zero-order valence-corrected chi connectivity index (χ0v) is 16.8. The number of nitrogens with zero attached hydrogens (tertiary/aromatic N) is 2. The molecule has 1 heterocycles. The maximum absolute atomic E-state index is 12.1. The van der Waals surface area contributed by atoms with Gasteiger partial charge in [-0.2, -0.15) is 0 Å². The molecule has 0 aliphatic heterocycles. The fraction of sp³-hybridized carbons (Fsp3) is 0.0500. The predicted molar refractivity (Wildman–Crippen MR) is 113 cm³/mol. The molecule has 7 heteroatoms. The first-order valence-corrected chi connectivity index (χ1v) is 9.76. The Kier molecular flexibility index (Phi) is 6.16. The van der Waals surface area contributed by atoms with E-state index in [9.17, 15) is 9.59 Å². The second-order valence-electron chi connectivity index (χ2n) is 5.58. The number of hydrogen-bond acceptors (Lipinski definition) is 4. The van der Waals surface area contributed by atoms with E-state index in [1.54, 1.807) is 16.4 Å². The summed E-state index contributed by atoms with van der Waals surface area (Å²) in [6, 6.07) is 16.7. The van der Waals surface area contributed by atoms with Crippen LogP contribution in [0, 0.1) is 0 Å². The molecule has 1 aromatic heterocycles. The van der Waals surface area contributed by atoms with Crippen molar-refractivity contribution in [2.45, 2.75) is 6.92 Å². The normalized spacial score (nSPS) is 10.7. The van der Waals surface area contributed by atoms with Crippen LogP contribution in [0.3, 0.4) is 0 Å². The Morgan fingerprint density at radius 2 is 1.93 bits per heavy atom. The first-order chi connectivity index (χ1) is 13.0. The van der Waals surface area contributed by atoms with Gasteiger partial charge in [0.15, 0.2) is 5.13 Å². The summed E-state index contributed by atoms with van der Waals surface area (Å²) in [5.74, 6) is -0.382. The lowest BCUT2D eigenvalue weighted by molar-refractivity contribution is -0.116. The summed E-state index contributed by atoms with van der Waals surface area (Å²) < 4.78 is 0.888. The topological polar surface area (TPSA) is 62.3 Å². The van der Waals surface area contributed by atoms with Gasteiger partial charge in [-0.25, -0.2) is 4.98 Å². The molecule has 5 nitrogen and oxygen atoms in total. The molecule has 0 bridgehead atoms. The maximum atomic E-state index is 12.1. The summed E-state index contributed by atoms with van der Waals surface area (Å²) in [6.45, 7) is 1.50. The number of aromatic nitrogens is 1. The van der Waals surface area contributed by atoms with E-state index in [0.29, 0.717) is 16.5 Å². The van der Waals surface area contributed by atoms with Crippen LogP contribution in [0.4, 0.5) is 16.5 Å². The fourth-order valence-corrected chi connectivity index (χ4v) is 3.62. The molecule has 0 fully saturated rings. The van der Waals surface area contributed by atoms with Gasteiger partial charge in [-0.15, -0.1) is 11.3 Å². The predicted octanol–water partition coefficient (Wildman–Crippen LogP) is 5.24. The largest absolute Gasteiger partial charge is 0.322 e. The van der Waals surface area contributed by atoms with E-state index < -0.39 is 0 Å². The van der Waals surface area contributed by atoms with Crippen molar-refractivity contribution in [3.05, 3.63) is 76.2 Å². The maximum Gasteiger partial charge on any atom is 0.248 e. The molecule has 136 valence electrons. The number of nitrogens with one attached hydrogen (secondary N) is 1. The van der Waals surface area contributed by atoms with E-state index in [1.165, 1.54) is 24.3 Å². The standard InChI is InChI=1S/C20H16BrN3O2S/c1-14(25)24(18-8-3-2-4-9-18)20-23-17(13-27-20)10-11-19(26)22-16-7-5-6-15(21)12-16/h2-13H,1H3,(H,22,26). The lowest BCUT2D eigenvalue weighted by Gasteiger charge is -2.17. The third-order valence-corrected chi connectivity index (χ3v) is 4.87. The van der Waals surface area contributed by atoms with Crippen molar-refractivity contribution >= 4 is 61.7 Å². The highest BCUT2D eigenvalue weighted by molar-refractivity contribution is 9.10. The number of benzene rings is 2. The Morgan fingerprint density at radius 3 is 2.63 bits per heavy atom. The van der Waals surface area contributed by atoms with E-state index in [1.807, 2.05) is 54.6 Å². The molecule has 2 amide bonds. The number of carbonyl (C=O) groups excluding carboxylic acids is 2. The SMILES string of the molecule is CC(=O)N(c1ccccc1)c1nc(C=CC(=O)Nc2cccc(Br)c2)cs1. The molecule has 27 heavy (non-hydrogen) atoms. The Labute approximate surface area is 169 Å². The zero-order valence-electron chi connectivity index (χ0n) is 14.4. The van der Waals surface area contributed by atoms with Gasteiger partial charge in [-0.3, -0.25) is 14.5 Å².